The Hall–Kier alpha value is -5.52. The standard InChI is InChI=1S/C54H64N2O10/c1-9-62-45(58)36-30-55-56(31-36)42-21-22-51(5)41(54(42,8)47(60)63-32-40-33(2)64-48(61)65-40)20-23-53(7)44(51)39(57)28-37-38-29-50(4,25-24-49(38,3)26-27-52(37,53)6)46(59)66-43(34-16-12-10-13-17-34)35-18-14-11-15-19-35/h10-19,28,30-31,38,41-44H,9,20-27,29,32H2,1-8H3/t38-,41+,42-,44+,49+,50-,51-,52+,53+,54-/m0/s1. The molecule has 66 heavy (non-hydrogen) atoms. The molecule has 0 amide bonds. The zero-order chi connectivity index (χ0) is 47.0. The highest BCUT2D eigenvalue weighted by atomic mass is 16.6. The third-order valence-corrected chi connectivity index (χ3v) is 18.2. The third kappa shape index (κ3) is 7.06. The second-order valence-corrected chi connectivity index (χ2v) is 21.6. The number of nitrogens with zero attached hydrogens (tertiary/aromatic N) is 2. The van der Waals surface area contributed by atoms with Crippen LogP contribution in [0.4, 0.5) is 0 Å². The van der Waals surface area contributed by atoms with Gasteiger partial charge in [0.2, 0.25) is 0 Å². The van der Waals surface area contributed by atoms with Gasteiger partial charge in [0, 0.05) is 12.1 Å². The van der Waals surface area contributed by atoms with Gasteiger partial charge in [0.15, 0.2) is 30.0 Å². The van der Waals surface area contributed by atoms with Crippen molar-refractivity contribution in [3.05, 3.63) is 124 Å². The Morgan fingerprint density at radius 1 is 0.818 bits per heavy atom. The summed E-state index contributed by atoms with van der Waals surface area (Å²) in [5.41, 5.74) is -0.249. The normalized spacial score (nSPS) is 34.8. The van der Waals surface area contributed by atoms with Crippen LogP contribution in [-0.4, -0.2) is 40.1 Å². The first-order valence-electron chi connectivity index (χ1n) is 23.9. The Kier molecular flexibility index (Phi) is 11.3. The average Bonchev–Trinajstić information content (AvgIpc) is 3.91. The minimum atomic E-state index is -1.22. The molecule has 350 valence electrons. The number of hydrogen-bond donors (Lipinski definition) is 0. The van der Waals surface area contributed by atoms with Gasteiger partial charge in [0.05, 0.1) is 35.2 Å². The summed E-state index contributed by atoms with van der Waals surface area (Å²) < 4.78 is 29.9. The molecule has 4 fully saturated rings. The molecule has 0 spiro atoms. The lowest BCUT2D eigenvalue weighted by Crippen LogP contribution is -2.67. The number of ketones is 1. The molecule has 0 N–H and O–H groups in total. The van der Waals surface area contributed by atoms with E-state index in [1.54, 1.807) is 24.7 Å². The summed E-state index contributed by atoms with van der Waals surface area (Å²) in [7, 11) is 0. The lowest BCUT2D eigenvalue weighted by Gasteiger charge is -2.70. The van der Waals surface area contributed by atoms with Crippen LogP contribution in [0.5, 0.6) is 0 Å². The van der Waals surface area contributed by atoms with Gasteiger partial charge >= 0.3 is 23.7 Å². The van der Waals surface area contributed by atoms with Gasteiger partial charge in [-0.2, -0.15) is 5.10 Å². The number of esters is 3. The highest BCUT2D eigenvalue weighted by molar-refractivity contribution is 5.96. The second-order valence-electron chi connectivity index (χ2n) is 21.6. The van der Waals surface area contributed by atoms with Crippen LogP contribution < -0.4 is 5.82 Å². The van der Waals surface area contributed by atoms with Crippen LogP contribution in [0.2, 0.25) is 0 Å². The molecule has 5 aliphatic carbocycles. The van der Waals surface area contributed by atoms with Crippen molar-refractivity contribution in [1.29, 1.82) is 0 Å². The largest absolute Gasteiger partial charge is 0.519 e. The van der Waals surface area contributed by atoms with Crippen molar-refractivity contribution in [2.75, 3.05) is 6.61 Å². The van der Waals surface area contributed by atoms with Gasteiger partial charge < -0.3 is 23.0 Å². The summed E-state index contributed by atoms with van der Waals surface area (Å²) in [4.78, 5) is 69.8. The Morgan fingerprint density at radius 3 is 2.12 bits per heavy atom. The molecule has 12 heteroatoms. The number of fused-ring (bicyclic) bond motifs is 7. The maximum Gasteiger partial charge on any atom is 0.519 e. The quantitative estimate of drug-likeness (QED) is 0.110. The van der Waals surface area contributed by atoms with Crippen LogP contribution >= 0.6 is 0 Å². The molecule has 5 aliphatic rings. The molecule has 12 nitrogen and oxygen atoms in total. The predicted molar refractivity (Wildman–Crippen MR) is 244 cm³/mol. The summed E-state index contributed by atoms with van der Waals surface area (Å²) in [6.07, 6.45) is 11.0. The number of hydrogen-bond acceptors (Lipinski definition) is 11. The van der Waals surface area contributed by atoms with Gasteiger partial charge in [-0.05, 0) is 136 Å². The summed E-state index contributed by atoms with van der Waals surface area (Å²) in [5, 5.41) is 4.63. The molecule has 4 saturated carbocycles. The van der Waals surface area contributed by atoms with E-state index in [2.05, 4.69) is 39.7 Å². The molecule has 9 rings (SSSR count). The number of aryl methyl sites for hydroxylation is 1. The summed E-state index contributed by atoms with van der Waals surface area (Å²) in [5.74, 6) is -2.39. The molecule has 0 saturated heterocycles. The molecular formula is C54H64N2O10. The Labute approximate surface area is 386 Å². The number of carbonyl (C=O) groups is 4. The van der Waals surface area contributed by atoms with Crippen LogP contribution in [0, 0.1) is 57.2 Å². The lowest BCUT2D eigenvalue weighted by molar-refractivity contribution is -0.209. The summed E-state index contributed by atoms with van der Waals surface area (Å²) >= 11 is 0. The predicted octanol–water partition coefficient (Wildman–Crippen LogP) is 10.5. The Balaban J connectivity index is 1.05. The van der Waals surface area contributed by atoms with Crippen molar-refractivity contribution < 1.29 is 42.2 Å². The van der Waals surface area contributed by atoms with Gasteiger partial charge in [-0.15, -0.1) is 0 Å². The average molecular weight is 901 g/mol. The van der Waals surface area contributed by atoms with Crippen molar-refractivity contribution in [3.63, 3.8) is 0 Å². The zero-order valence-corrected chi connectivity index (χ0v) is 39.6. The van der Waals surface area contributed by atoms with E-state index in [1.165, 1.54) is 11.8 Å². The summed E-state index contributed by atoms with van der Waals surface area (Å²) in [6.45, 7) is 16.4. The fourth-order valence-corrected chi connectivity index (χ4v) is 14.2. The Morgan fingerprint density at radius 2 is 1.48 bits per heavy atom. The lowest BCUT2D eigenvalue weighted by atomic mass is 9.33. The third-order valence-electron chi connectivity index (χ3n) is 18.2. The van der Waals surface area contributed by atoms with Crippen molar-refractivity contribution in [2.45, 2.75) is 132 Å². The first kappa shape index (κ1) is 45.6. The molecule has 2 aromatic heterocycles. The van der Waals surface area contributed by atoms with Crippen LogP contribution in [0.15, 0.2) is 98.3 Å². The van der Waals surface area contributed by atoms with E-state index in [-0.39, 0.29) is 64.7 Å². The van der Waals surface area contributed by atoms with Crippen molar-refractivity contribution >= 4 is 23.7 Å². The van der Waals surface area contributed by atoms with Gasteiger partial charge in [0.25, 0.3) is 0 Å². The molecule has 4 aromatic rings. The van der Waals surface area contributed by atoms with E-state index in [0.717, 1.165) is 30.4 Å². The minimum Gasteiger partial charge on any atom is -0.462 e. The number of rotatable bonds is 10. The smallest absolute Gasteiger partial charge is 0.462 e. The van der Waals surface area contributed by atoms with Gasteiger partial charge in [-0.3, -0.25) is 19.1 Å². The van der Waals surface area contributed by atoms with E-state index in [0.29, 0.717) is 38.5 Å². The highest BCUT2D eigenvalue weighted by Crippen LogP contribution is 2.76. The monoisotopic (exact) mass is 900 g/mol. The molecule has 0 radical (unpaired) electrons. The number of aromatic nitrogens is 2. The molecule has 10 atom stereocenters. The van der Waals surface area contributed by atoms with Crippen molar-refractivity contribution in [3.8, 4) is 0 Å². The fourth-order valence-electron chi connectivity index (χ4n) is 14.2. The van der Waals surface area contributed by atoms with E-state index in [1.807, 2.05) is 73.7 Å². The second kappa shape index (κ2) is 16.4. The van der Waals surface area contributed by atoms with E-state index in [4.69, 9.17) is 23.0 Å². The Bertz CT molecular complexity index is 2590. The van der Waals surface area contributed by atoms with Gasteiger partial charge in [-0.25, -0.2) is 9.59 Å². The summed E-state index contributed by atoms with van der Waals surface area (Å²) in [6, 6.07) is 19.3. The van der Waals surface area contributed by atoms with E-state index >= 15 is 4.79 Å². The molecule has 2 aromatic carbocycles. The van der Waals surface area contributed by atoms with E-state index < -0.39 is 57.5 Å². The number of ether oxygens (including phenoxy) is 3. The van der Waals surface area contributed by atoms with Crippen LogP contribution in [0.3, 0.4) is 0 Å². The maximum absolute atomic E-state index is 15.4. The zero-order valence-electron chi connectivity index (χ0n) is 39.6. The van der Waals surface area contributed by atoms with Crippen LogP contribution in [0.25, 0.3) is 0 Å². The van der Waals surface area contributed by atoms with Gasteiger partial charge in [0.1, 0.15) is 0 Å². The fraction of sp³-hybridized carbons (Fsp3) is 0.556. The molecular weight excluding hydrogens is 837 g/mol. The van der Waals surface area contributed by atoms with E-state index in [9.17, 15) is 19.2 Å². The molecule has 2 heterocycles. The number of allylic oxidation sites excluding steroid dienone is 2. The topological polar surface area (TPSA) is 157 Å². The maximum atomic E-state index is 15.4. The first-order valence-corrected chi connectivity index (χ1v) is 23.9. The number of carbonyl (C=O) groups excluding carboxylic acids is 4. The SMILES string of the molecule is CCOC(=O)c1cnn([C@H]2CC[C@@]3(C)[C@@H](CC[C@]4(C)[C@@H]3C(=O)C=C3[C@@H]5C[C@@](C)(C(=O)OC(c6ccccc6)c6ccccc6)CC[C@]5(C)CC[C@]34C)[C@]2(C)C(=O)OCc2oc(=O)oc2C)c1. The van der Waals surface area contributed by atoms with Gasteiger partial charge in [-0.1, -0.05) is 93.9 Å². The first-order chi connectivity index (χ1) is 31.3. The molecule has 0 unspecified atom stereocenters. The highest BCUT2D eigenvalue weighted by Gasteiger charge is 2.72. The van der Waals surface area contributed by atoms with Crippen LogP contribution in [0.1, 0.15) is 151 Å². The van der Waals surface area contributed by atoms with Crippen molar-refractivity contribution in [1.82, 2.24) is 9.78 Å². The molecule has 0 bridgehead atoms. The van der Waals surface area contributed by atoms with Crippen molar-refractivity contribution in [2.24, 2.45) is 50.2 Å². The molecule has 0 aliphatic heterocycles. The van der Waals surface area contributed by atoms with Crippen LogP contribution in [-0.2, 0) is 35.2 Å². The number of benzene rings is 2. The minimum absolute atomic E-state index is 0.00229.